The van der Waals surface area contributed by atoms with Crippen LogP contribution in [0.15, 0.2) is 51.8 Å². The van der Waals surface area contributed by atoms with Gasteiger partial charge >= 0.3 is 0 Å². The lowest BCUT2D eigenvalue weighted by Crippen LogP contribution is -2.26. The van der Waals surface area contributed by atoms with Crippen molar-refractivity contribution in [2.24, 2.45) is 0 Å². The first-order valence-electron chi connectivity index (χ1n) is 9.27. The summed E-state index contributed by atoms with van der Waals surface area (Å²) >= 11 is 1.26. The van der Waals surface area contributed by atoms with Gasteiger partial charge in [-0.25, -0.2) is 0 Å². The maximum Gasteiger partial charge on any atom is 0.277 e. The van der Waals surface area contributed by atoms with E-state index in [9.17, 15) is 4.79 Å². The zero-order valence-electron chi connectivity index (χ0n) is 15.0. The van der Waals surface area contributed by atoms with Crippen LogP contribution in [0.25, 0.3) is 22.4 Å². The van der Waals surface area contributed by atoms with E-state index in [0.29, 0.717) is 17.7 Å². The van der Waals surface area contributed by atoms with E-state index in [1.807, 2.05) is 30.5 Å². The molecule has 1 aliphatic carbocycles. The number of para-hydroxylation sites is 1. The number of amides is 1. The van der Waals surface area contributed by atoms with Crippen LogP contribution in [0.2, 0.25) is 0 Å². The zero-order valence-corrected chi connectivity index (χ0v) is 15.8. The van der Waals surface area contributed by atoms with Crippen molar-refractivity contribution in [1.29, 1.82) is 0 Å². The maximum absolute atomic E-state index is 12.0. The molecule has 3 aromatic rings. The van der Waals surface area contributed by atoms with Gasteiger partial charge in [0.2, 0.25) is 5.91 Å². The second-order valence-electron chi connectivity index (χ2n) is 6.62. The van der Waals surface area contributed by atoms with Crippen LogP contribution in [-0.4, -0.2) is 33.4 Å². The van der Waals surface area contributed by atoms with Crippen LogP contribution in [0.5, 0.6) is 0 Å². The van der Waals surface area contributed by atoms with E-state index in [1.165, 1.54) is 43.0 Å². The van der Waals surface area contributed by atoms with E-state index in [1.54, 1.807) is 0 Å². The SMILES string of the molecule is O=C(CSc1nnc(-c2c[nH]c3ccccc23)o1)NCCC1=CCCCC1. The Labute approximate surface area is 161 Å². The molecule has 2 heterocycles. The molecule has 2 aromatic heterocycles. The quantitative estimate of drug-likeness (QED) is 0.470. The number of aromatic amines is 1. The van der Waals surface area contributed by atoms with E-state index in [-0.39, 0.29) is 11.7 Å². The fourth-order valence-electron chi connectivity index (χ4n) is 3.30. The first kappa shape index (κ1) is 17.9. The zero-order chi connectivity index (χ0) is 18.5. The molecule has 6 nitrogen and oxygen atoms in total. The minimum absolute atomic E-state index is 0.0109. The summed E-state index contributed by atoms with van der Waals surface area (Å²) in [5.74, 6) is 0.719. The van der Waals surface area contributed by atoms with Crippen LogP contribution >= 0.6 is 11.8 Å². The van der Waals surface area contributed by atoms with E-state index in [0.717, 1.165) is 22.9 Å². The summed E-state index contributed by atoms with van der Waals surface area (Å²) in [7, 11) is 0. The molecule has 1 aliphatic rings. The van der Waals surface area contributed by atoms with Crippen LogP contribution in [0.3, 0.4) is 0 Å². The molecular formula is C20H22N4O2S. The normalized spacial score (nSPS) is 14.3. The summed E-state index contributed by atoms with van der Waals surface area (Å²) in [5, 5.41) is 12.6. The summed E-state index contributed by atoms with van der Waals surface area (Å²) in [4.78, 5) is 15.2. The Kier molecular flexibility index (Phi) is 5.58. The molecule has 0 aliphatic heterocycles. The molecule has 0 saturated carbocycles. The highest BCUT2D eigenvalue weighted by Crippen LogP contribution is 2.29. The van der Waals surface area contributed by atoms with E-state index in [2.05, 4.69) is 26.6 Å². The second kappa shape index (κ2) is 8.43. The molecule has 1 aromatic carbocycles. The van der Waals surface area contributed by atoms with Gasteiger partial charge in [-0.1, -0.05) is 41.6 Å². The summed E-state index contributed by atoms with van der Waals surface area (Å²) < 4.78 is 5.72. The molecule has 2 N–H and O–H groups in total. The molecule has 0 spiro atoms. The highest BCUT2D eigenvalue weighted by molar-refractivity contribution is 7.99. The number of nitrogens with zero attached hydrogens (tertiary/aromatic N) is 2. The van der Waals surface area contributed by atoms with Crippen molar-refractivity contribution in [2.45, 2.75) is 37.3 Å². The van der Waals surface area contributed by atoms with Gasteiger partial charge in [0.1, 0.15) is 0 Å². The average Bonchev–Trinajstić information content (AvgIpc) is 3.34. The molecular weight excluding hydrogens is 360 g/mol. The molecule has 0 radical (unpaired) electrons. The largest absolute Gasteiger partial charge is 0.411 e. The van der Waals surface area contributed by atoms with Crippen molar-refractivity contribution in [1.82, 2.24) is 20.5 Å². The van der Waals surface area contributed by atoms with Crippen molar-refractivity contribution in [3.8, 4) is 11.5 Å². The summed E-state index contributed by atoms with van der Waals surface area (Å²) in [5.41, 5.74) is 3.36. The molecule has 0 atom stereocenters. The molecule has 27 heavy (non-hydrogen) atoms. The van der Waals surface area contributed by atoms with Gasteiger partial charge in [0.15, 0.2) is 0 Å². The van der Waals surface area contributed by atoms with Crippen molar-refractivity contribution in [2.75, 3.05) is 12.3 Å². The Morgan fingerprint density at radius 3 is 3.07 bits per heavy atom. The fraction of sp³-hybridized carbons (Fsp3) is 0.350. The lowest BCUT2D eigenvalue weighted by molar-refractivity contribution is -0.118. The number of hydrogen-bond donors (Lipinski definition) is 2. The average molecular weight is 382 g/mol. The molecule has 0 bridgehead atoms. The van der Waals surface area contributed by atoms with E-state index in [4.69, 9.17) is 4.42 Å². The van der Waals surface area contributed by atoms with Gasteiger partial charge < -0.3 is 14.7 Å². The van der Waals surface area contributed by atoms with Crippen LogP contribution in [0, 0.1) is 0 Å². The highest BCUT2D eigenvalue weighted by atomic mass is 32.2. The van der Waals surface area contributed by atoms with Gasteiger partial charge in [-0.2, -0.15) is 0 Å². The molecule has 0 saturated heterocycles. The lowest BCUT2D eigenvalue weighted by Gasteiger charge is -2.12. The number of allylic oxidation sites excluding steroid dienone is 1. The number of benzene rings is 1. The van der Waals surface area contributed by atoms with Crippen molar-refractivity contribution in [3.05, 3.63) is 42.1 Å². The van der Waals surface area contributed by atoms with Gasteiger partial charge in [-0.3, -0.25) is 4.79 Å². The third kappa shape index (κ3) is 4.42. The van der Waals surface area contributed by atoms with Gasteiger partial charge in [-0.05, 0) is 38.2 Å². The van der Waals surface area contributed by atoms with E-state index < -0.39 is 0 Å². The topological polar surface area (TPSA) is 83.8 Å². The highest BCUT2D eigenvalue weighted by Gasteiger charge is 2.14. The second-order valence-corrected chi connectivity index (χ2v) is 7.54. The summed E-state index contributed by atoms with van der Waals surface area (Å²) in [6, 6.07) is 7.95. The summed E-state index contributed by atoms with van der Waals surface area (Å²) in [6.45, 7) is 0.690. The van der Waals surface area contributed by atoms with Crippen molar-refractivity contribution in [3.63, 3.8) is 0 Å². The van der Waals surface area contributed by atoms with Gasteiger partial charge in [0.05, 0.1) is 11.3 Å². The van der Waals surface area contributed by atoms with Crippen molar-refractivity contribution >= 4 is 28.6 Å². The number of thioether (sulfide) groups is 1. The smallest absolute Gasteiger partial charge is 0.277 e. The molecule has 0 unspecified atom stereocenters. The Hall–Kier alpha value is -2.54. The number of rotatable bonds is 7. The number of nitrogens with one attached hydrogen (secondary N) is 2. The first-order chi connectivity index (χ1) is 13.3. The van der Waals surface area contributed by atoms with Crippen LogP contribution in [0.4, 0.5) is 0 Å². The fourth-order valence-corrected chi connectivity index (χ4v) is 3.89. The number of aromatic nitrogens is 3. The predicted molar refractivity (Wildman–Crippen MR) is 106 cm³/mol. The van der Waals surface area contributed by atoms with Gasteiger partial charge in [0, 0.05) is 23.6 Å². The molecule has 140 valence electrons. The van der Waals surface area contributed by atoms with Crippen molar-refractivity contribution < 1.29 is 9.21 Å². The van der Waals surface area contributed by atoms with Crippen LogP contribution in [0.1, 0.15) is 32.1 Å². The molecule has 4 rings (SSSR count). The molecule has 0 fully saturated rings. The Bertz CT molecular complexity index is 960. The third-order valence-corrected chi connectivity index (χ3v) is 5.52. The Balaban J connectivity index is 1.28. The van der Waals surface area contributed by atoms with Gasteiger partial charge in [-0.15, -0.1) is 10.2 Å². The third-order valence-electron chi connectivity index (χ3n) is 4.71. The minimum atomic E-state index is -0.0109. The Morgan fingerprint density at radius 1 is 1.26 bits per heavy atom. The number of hydrogen-bond acceptors (Lipinski definition) is 5. The Morgan fingerprint density at radius 2 is 2.19 bits per heavy atom. The maximum atomic E-state index is 12.0. The van der Waals surface area contributed by atoms with Crippen LogP contribution < -0.4 is 5.32 Å². The van der Waals surface area contributed by atoms with Gasteiger partial charge in [0.25, 0.3) is 11.1 Å². The number of carbonyl (C=O) groups excluding carboxylic acids is 1. The number of fused-ring (bicyclic) bond motifs is 1. The number of carbonyl (C=O) groups is 1. The lowest BCUT2D eigenvalue weighted by atomic mass is 9.97. The minimum Gasteiger partial charge on any atom is -0.411 e. The molecule has 7 heteroatoms. The monoisotopic (exact) mass is 382 g/mol. The number of H-pyrrole nitrogens is 1. The molecule has 1 amide bonds. The van der Waals surface area contributed by atoms with Crippen LogP contribution in [-0.2, 0) is 4.79 Å². The predicted octanol–water partition coefficient (Wildman–Crippen LogP) is 4.32. The first-order valence-corrected chi connectivity index (χ1v) is 10.3. The van der Waals surface area contributed by atoms with E-state index >= 15 is 0 Å². The summed E-state index contributed by atoms with van der Waals surface area (Å²) in [6.07, 6.45) is 10.0. The standard InChI is InChI=1S/C20H22N4O2S/c25-18(21-11-10-14-6-2-1-3-7-14)13-27-20-24-23-19(26-20)16-12-22-17-9-5-4-8-15(16)17/h4-6,8-9,12,22H,1-3,7,10-11,13H2,(H,21,25).